The third-order valence-corrected chi connectivity index (χ3v) is 4.15. The predicted molar refractivity (Wildman–Crippen MR) is 84.4 cm³/mol. The van der Waals surface area contributed by atoms with Crippen LogP contribution in [0.4, 0.5) is 0 Å². The SMILES string of the molecule is COc1ccc(-c2csc(C(N)c3cccnc3)n2)cc1. The minimum absolute atomic E-state index is 0.240. The van der Waals surface area contributed by atoms with Gasteiger partial charge in [-0.3, -0.25) is 4.98 Å². The molecule has 0 saturated heterocycles. The van der Waals surface area contributed by atoms with Gasteiger partial charge in [-0.25, -0.2) is 4.98 Å². The lowest BCUT2D eigenvalue weighted by molar-refractivity contribution is 0.415. The Hall–Kier alpha value is -2.24. The van der Waals surface area contributed by atoms with E-state index in [4.69, 9.17) is 10.5 Å². The number of benzene rings is 1. The number of pyridine rings is 1. The number of rotatable bonds is 4. The van der Waals surface area contributed by atoms with Gasteiger partial charge in [0.25, 0.3) is 0 Å². The molecule has 0 radical (unpaired) electrons. The molecule has 1 unspecified atom stereocenters. The van der Waals surface area contributed by atoms with Gasteiger partial charge >= 0.3 is 0 Å². The van der Waals surface area contributed by atoms with Crippen molar-refractivity contribution in [1.29, 1.82) is 0 Å². The van der Waals surface area contributed by atoms with Gasteiger partial charge in [-0.1, -0.05) is 6.07 Å². The van der Waals surface area contributed by atoms with Gasteiger partial charge in [0.05, 0.1) is 18.8 Å². The van der Waals surface area contributed by atoms with Crippen LogP contribution in [0.15, 0.2) is 54.2 Å². The van der Waals surface area contributed by atoms with Crippen molar-refractivity contribution in [3.8, 4) is 17.0 Å². The lowest BCUT2D eigenvalue weighted by Crippen LogP contribution is -2.11. The van der Waals surface area contributed by atoms with Crippen LogP contribution in [0.2, 0.25) is 0 Å². The van der Waals surface area contributed by atoms with Gasteiger partial charge < -0.3 is 10.5 Å². The zero-order valence-corrected chi connectivity index (χ0v) is 12.4. The highest BCUT2D eigenvalue weighted by Gasteiger charge is 2.14. The number of hydrogen-bond acceptors (Lipinski definition) is 5. The highest BCUT2D eigenvalue weighted by atomic mass is 32.1. The number of thiazole rings is 1. The van der Waals surface area contributed by atoms with E-state index in [1.54, 1.807) is 30.8 Å². The summed E-state index contributed by atoms with van der Waals surface area (Å²) in [5.41, 5.74) is 9.19. The van der Waals surface area contributed by atoms with E-state index in [1.807, 2.05) is 41.8 Å². The number of hydrogen-bond donors (Lipinski definition) is 1. The molecule has 2 heterocycles. The van der Waals surface area contributed by atoms with E-state index in [0.717, 1.165) is 27.6 Å². The maximum atomic E-state index is 6.24. The molecule has 3 aromatic rings. The van der Waals surface area contributed by atoms with E-state index in [-0.39, 0.29) is 6.04 Å². The van der Waals surface area contributed by atoms with Gasteiger partial charge in [-0.05, 0) is 35.9 Å². The third kappa shape index (κ3) is 2.94. The molecule has 5 heteroatoms. The first-order chi connectivity index (χ1) is 10.3. The van der Waals surface area contributed by atoms with Crippen LogP contribution in [0.5, 0.6) is 5.75 Å². The van der Waals surface area contributed by atoms with Gasteiger partial charge in [0.2, 0.25) is 0 Å². The molecule has 3 rings (SSSR count). The maximum absolute atomic E-state index is 6.24. The van der Waals surface area contributed by atoms with Crippen molar-refractivity contribution in [2.45, 2.75) is 6.04 Å². The molecule has 1 atom stereocenters. The third-order valence-electron chi connectivity index (χ3n) is 3.22. The molecular formula is C16H15N3OS. The minimum Gasteiger partial charge on any atom is -0.497 e. The van der Waals surface area contributed by atoms with Crippen LogP contribution in [0, 0.1) is 0 Å². The first-order valence-corrected chi connectivity index (χ1v) is 7.41. The fraction of sp³-hybridized carbons (Fsp3) is 0.125. The average molecular weight is 297 g/mol. The van der Waals surface area contributed by atoms with Crippen LogP contribution in [-0.4, -0.2) is 17.1 Å². The smallest absolute Gasteiger partial charge is 0.118 e. The molecular weight excluding hydrogens is 282 g/mol. The van der Waals surface area contributed by atoms with E-state index in [0.29, 0.717) is 0 Å². The van der Waals surface area contributed by atoms with E-state index in [9.17, 15) is 0 Å². The largest absolute Gasteiger partial charge is 0.497 e. The van der Waals surface area contributed by atoms with Crippen LogP contribution in [0.3, 0.4) is 0 Å². The van der Waals surface area contributed by atoms with Crippen molar-refractivity contribution in [3.63, 3.8) is 0 Å². The monoisotopic (exact) mass is 297 g/mol. The van der Waals surface area contributed by atoms with Gasteiger partial charge in [0.1, 0.15) is 10.8 Å². The van der Waals surface area contributed by atoms with Crippen LogP contribution in [-0.2, 0) is 0 Å². The number of aromatic nitrogens is 2. The number of ether oxygens (including phenoxy) is 1. The second-order valence-corrected chi connectivity index (χ2v) is 5.45. The van der Waals surface area contributed by atoms with Crippen molar-refractivity contribution in [3.05, 3.63) is 64.7 Å². The maximum Gasteiger partial charge on any atom is 0.118 e. The molecule has 0 aliphatic rings. The summed E-state index contributed by atoms with van der Waals surface area (Å²) in [6, 6.07) is 11.4. The van der Waals surface area contributed by atoms with Crippen LogP contribution in [0.25, 0.3) is 11.3 Å². The van der Waals surface area contributed by atoms with Crippen LogP contribution in [0.1, 0.15) is 16.6 Å². The Morgan fingerprint density at radius 1 is 1.19 bits per heavy atom. The Bertz CT molecular complexity index is 710. The number of nitrogens with two attached hydrogens (primary N) is 1. The summed E-state index contributed by atoms with van der Waals surface area (Å²) < 4.78 is 5.16. The molecule has 0 spiro atoms. The molecule has 4 nitrogen and oxygen atoms in total. The second-order valence-electron chi connectivity index (χ2n) is 4.56. The Morgan fingerprint density at radius 3 is 2.67 bits per heavy atom. The van der Waals surface area contributed by atoms with Crippen molar-refractivity contribution in [1.82, 2.24) is 9.97 Å². The van der Waals surface area contributed by atoms with E-state index in [2.05, 4.69) is 9.97 Å². The predicted octanol–water partition coefficient (Wildman–Crippen LogP) is 3.26. The highest BCUT2D eigenvalue weighted by Crippen LogP contribution is 2.28. The van der Waals surface area contributed by atoms with Gasteiger partial charge in [0, 0.05) is 23.3 Å². The summed E-state index contributed by atoms with van der Waals surface area (Å²) >= 11 is 1.56. The molecule has 0 bridgehead atoms. The summed E-state index contributed by atoms with van der Waals surface area (Å²) in [4.78, 5) is 8.74. The Labute approximate surface area is 127 Å². The van der Waals surface area contributed by atoms with Crippen molar-refractivity contribution in [2.75, 3.05) is 7.11 Å². The molecule has 0 saturated carbocycles. The topological polar surface area (TPSA) is 61.0 Å². The van der Waals surface area contributed by atoms with E-state index in [1.165, 1.54) is 0 Å². The zero-order chi connectivity index (χ0) is 14.7. The fourth-order valence-electron chi connectivity index (χ4n) is 2.03. The van der Waals surface area contributed by atoms with Crippen molar-refractivity contribution >= 4 is 11.3 Å². The summed E-state index contributed by atoms with van der Waals surface area (Å²) in [5, 5.41) is 2.90. The van der Waals surface area contributed by atoms with Crippen molar-refractivity contribution in [2.24, 2.45) is 5.73 Å². The molecule has 0 aliphatic heterocycles. The second kappa shape index (κ2) is 6.03. The number of methoxy groups -OCH3 is 1. The van der Waals surface area contributed by atoms with Crippen molar-refractivity contribution < 1.29 is 4.74 Å². The highest BCUT2D eigenvalue weighted by molar-refractivity contribution is 7.10. The van der Waals surface area contributed by atoms with E-state index < -0.39 is 0 Å². The summed E-state index contributed by atoms with van der Waals surface area (Å²) in [6.45, 7) is 0. The Balaban J connectivity index is 1.85. The molecule has 2 aromatic heterocycles. The van der Waals surface area contributed by atoms with E-state index >= 15 is 0 Å². The minimum atomic E-state index is -0.240. The zero-order valence-electron chi connectivity index (χ0n) is 11.6. The van der Waals surface area contributed by atoms with Crippen LogP contribution < -0.4 is 10.5 Å². The summed E-state index contributed by atoms with van der Waals surface area (Å²) in [6.07, 6.45) is 3.51. The first kappa shape index (κ1) is 13.7. The molecule has 0 amide bonds. The molecule has 0 aliphatic carbocycles. The summed E-state index contributed by atoms with van der Waals surface area (Å²) in [7, 11) is 1.66. The van der Waals surface area contributed by atoms with Gasteiger partial charge in [-0.2, -0.15) is 0 Å². The van der Waals surface area contributed by atoms with Gasteiger partial charge in [-0.15, -0.1) is 11.3 Å². The molecule has 2 N–H and O–H groups in total. The number of nitrogens with zero attached hydrogens (tertiary/aromatic N) is 2. The van der Waals surface area contributed by atoms with Crippen LogP contribution >= 0.6 is 11.3 Å². The Morgan fingerprint density at radius 2 is 2.00 bits per heavy atom. The Kier molecular flexibility index (Phi) is 3.94. The molecule has 21 heavy (non-hydrogen) atoms. The molecule has 1 aromatic carbocycles. The lowest BCUT2D eigenvalue weighted by Gasteiger charge is -2.07. The molecule has 106 valence electrons. The standard InChI is InChI=1S/C16H15N3OS/c1-20-13-6-4-11(5-7-13)14-10-21-16(19-14)15(17)12-3-2-8-18-9-12/h2-10,15H,17H2,1H3. The van der Waals surface area contributed by atoms with Gasteiger partial charge in [0.15, 0.2) is 0 Å². The quantitative estimate of drug-likeness (QED) is 0.803. The normalized spacial score (nSPS) is 12.1. The first-order valence-electron chi connectivity index (χ1n) is 6.53. The average Bonchev–Trinajstić information content (AvgIpc) is 3.05. The lowest BCUT2D eigenvalue weighted by atomic mass is 10.1. The fourth-order valence-corrected chi connectivity index (χ4v) is 2.88. The molecule has 0 fully saturated rings. The summed E-state index contributed by atoms with van der Waals surface area (Å²) in [5.74, 6) is 0.835.